The molecular weight excluding hydrogens is 272 g/mol. The molecule has 1 aromatic heterocycles. The van der Waals surface area contributed by atoms with Crippen LogP contribution in [0.3, 0.4) is 0 Å². The molecule has 0 saturated carbocycles. The van der Waals surface area contributed by atoms with Crippen molar-refractivity contribution in [1.82, 2.24) is 10.0 Å². The monoisotopic (exact) mass is 292 g/mol. The predicted molar refractivity (Wildman–Crippen MR) is 74.4 cm³/mol. The van der Waals surface area contributed by atoms with Crippen LogP contribution in [0.4, 0.5) is 0 Å². The number of furan rings is 1. The molecule has 0 atom stereocenters. The van der Waals surface area contributed by atoms with Crippen molar-refractivity contribution in [3.63, 3.8) is 0 Å². The standard InChI is InChI=1S/C11H20N2O3S2/c1-9-11(7-10(16-9)8-12-2)18(14,15)13-5-4-6-17-3/h7,12-13H,4-6,8H2,1-3H3. The van der Waals surface area contributed by atoms with Gasteiger partial charge in [0.25, 0.3) is 0 Å². The highest BCUT2D eigenvalue weighted by molar-refractivity contribution is 7.98. The predicted octanol–water partition coefficient (Wildman–Crippen LogP) is 1.34. The third-order valence-electron chi connectivity index (χ3n) is 2.38. The second-order valence-electron chi connectivity index (χ2n) is 3.91. The van der Waals surface area contributed by atoms with E-state index < -0.39 is 10.0 Å². The van der Waals surface area contributed by atoms with E-state index in [-0.39, 0.29) is 4.90 Å². The fourth-order valence-corrected chi connectivity index (χ4v) is 3.26. The van der Waals surface area contributed by atoms with Crippen molar-refractivity contribution in [3.05, 3.63) is 17.6 Å². The van der Waals surface area contributed by atoms with Gasteiger partial charge in [-0.05, 0) is 32.4 Å². The summed E-state index contributed by atoms with van der Waals surface area (Å²) in [5.41, 5.74) is 0. The summed E-state index contributed by atoms with van der Waals surface area (Å²) in [6.07, 6.45) is 2.82. The Labute approximate surface area is 113 Å². The highest BCUT2D eigenvalue weighted by Gasteiger charge is 2.20. The van der Waals surface area contributed by atoms with Crippen LogP contribution >= 0.6 is 11.8 Å². The molecule has 0 fully saturated rings. The van der Waals surface area contributed by atoms with Gasteiger partial charge < -0.3 is 9.73 Å². The van der Waals surface area contributed by atoms with Gasteiger partial charge in [-0.2, -0.15) is 11.8 Å². The Hall–Kier alpha value is -0.500. The molecular formula is C11H20N2O3S2. The van der Waals surface area contributed by atoms with Gasteiger partial charge >= 0.3 is 0 Å². The van der Waals surface area contributed by atoms with E-state index >= 15 is 0 Å². The van der Waals surface area contributed by atoms with Gasteiger partial charge in [-0.25, -0.2) is 13.1 Å². The van der Waals surface area contributed by atoms with E-state index in [0.717, 1.165) is 12.2 Å². The average molecular weight is 292 g/mol. The molecule has 0 aromatic carbocycles. The average Bonchev–Trinajstić information content (AvgIpc) is 2.67. The lowest BCUT2D eigenvalue weighted by molar-refractivity contribution is 0.465. The van der Waals surface area contributed by atoms with Crippen LogP contribution in [-0.4, -0.2) is 34.0 Å². The molecule has 1 heterocycles. The van der Waals surface area contributed by atoms with E-state index in [2.05, 4.69) is 10.0 Å². The molecule has 0 aliphatic heterocycles. The summed E-state index contributed by atoms with van der Waals surface area (Å²) in [6.45, 7) is 2.63. The number of aryl methyl sites for hydroxylation is 1. The Morgan fingerprint density at radius 2 is 2.17 bits per heavy atom. The van der Waals surface area contributed by atoms with Crippen molar-refractivity contribution in [2.24, 2.45) is 0 Å². The van der Waals surface area contributed by atoms with E-state index in [1.165, 1.54) is 0 Å². The molecule has 1 aromatic rings. The van der Waals surface area contributed by atoms with Gasteiger partial charge in [-0.15, -0.1) is 0 Å². The molecule has 0 aliphatic rings. The third kappa shape index (κ3) is 4.31. The summed E-state index contributed by atoms with van der Waals surface area (Å²) in [5, 5.41) is 2.92. The fourth-order valence-electron chi connectivity index (χ4n) is 1.55. The Morgan fingerprint density at radius 1 is 1.44 bits per heavy atom. The topological polar surface area (TPSA) is 71.3 Å². The summed E-state index contributed by atoms with van der Waals surface area (Å²) >= 11 is 1.70. The SMILES string of the molecule is CNCc1cc(S(=O)(=O)NCCCSC)c(C)o1. The van der Waals surface area contributed by atoms with Crippen LogP contribution in [0.1, 0.15) is 17.9 Å². The molecule has 0 spiro atoms. The van der Waals surface area contributed by atoms with E-state index in [0.29, 0.717) is 24.6 Å². The van der Waals surface area contributed by atoms with Crippen LogP contribution in [0.2, 0.25) is 0 Å². The minimum absolute atomic E-state index is 0.233. The van der Waals surface area contributed by atoms with Crippen LogP contribution in [0.5, 0.6) is 0 Å². The van der Waals surface area contributed by atoms with E-state index in [1.807, 2.05) is 6.26 Å². The molecule has 104 valence electrons. The quantitative estimate of drug-likeness (QED) is 0.708. The number of hydrogen-bond donors (Lipinski definition) is 2. The number of thioether (sulfide) groups is 1. The molecule has 1 rings (SSSR count). The molecule has 0 unspecified atom stereocenters. The van der Waals surface area contributed by atoms with Crippen molar-refractivity contribution in [2.45, 2.75) is 24.8 Å². The number of nitrogens with one attached hydrogen (secondary N) is 2. The molecule has 0 radical (unpaired) electrons. The first kappa shape index (κ1) is 15.6. The van der Waals surface area contributed by atoms with Crippen molar-refractivity contribution in [2.75, 3.05) is 25.6 Å². The first-order valence-corrected chi connectivity index (χ1v) is 8.61. The van der Waals surface area contributed by atoms with Crippen LogP contribution in [0.15, 0.2) is 15.4 Å². The van der Waals surface area contributed by atoms with Crippen LogP contribution < -0.4 is 10.0 Å². The zero-order chi connectivity index (χ0) is 13.6. The first-order chi connectivity index (χ1) is 8.51. The Morgan fingerprint density at radius 3 is 2.78 bits per heavy atom. The lowest BCUT2D eigenvalue weighted by atomic mass is 10.4. The summed E-state index contributed by atoms with van der Waals surface area (Å²) in [5.74, 6) is 2.00. The lowest BCUT2D eigenvalue weighted by Gasteiger charge is -2.04. The summed E-state index contributed by atoms with van der Waals surface area (Å²) in [7, 11) is -1.67. The fraction of sp³-hybridized carbons (Fsp3) is 0.636. The number of hydrogen-bond acceptors (Lipinski definition) is 5. The molecule has 0 bridgehead atoms. The third-order valence-corrected chi connectivity index (χ3v) is 4.65. The molecule has 7 heteroatoms. The van der Waals surface area contributed by atoms with Crippen LogP contribution in [0.25, 0.3) is 0 Å². The van der Waals surface area contributed by atoms with Crippen LogP contribution in [-0.2, 0) is 16.6 Å². The van der Waals surface area contributed by atoms with Gasteiger partial charge in [0, 0.05) is 12.6 Å². The second kappa shape index (κ2) is 7.18. The molecule has 18 heavy (non-hydrogen) atoms. The maximum Gasteiger partial charge on any atom is 0.244 e. The summed E-state index contributed by atoms with van der Waals surface area (Å²) in [6, 6.07) is 1.57. The lowest BCUT2D eigenvalue weighted by Crippen LogP contribution is -2.25. The van der Waals surface area contributed by atoms with E-state index in [9.17, 15) is 8.42 Å². The van der Waals surface area contributed by atoms with Gasteiger partial charge in [-0.3, -0.25) is 0 Å². The van der Waals surface area contributed by atoms with Gasteiger partial charge in [0.2, 0.25) is 10.0 Å². The molecule has 0 aliphatic carbocycles. The number of rotatable bonds is 8. The molecule has 5 nitrogen and oxygen atoms in total. The zero-order valence-electron chi connectivity index (χ0n) is 10.9. The first-order valence-electron chi connectivity index (χ1n) is 5.73. The summed E-state index contributed by atoms with van der Waals surface area (Å²) in [4.78, 5) is 0.233. The number of sulfonamides is 1. The Balaban J connectivity index is 2.72. The largest absolute Gasteiger partial charge is 0.464 e. The van der Waals surface area contributed by atoms with Crippen molar-refractivity contribution < 1.29 is 12.8 Å². The highest BCUT2D eigenvalue weighted by Crippen LogP contribution is 2.19. The van der Waals surface area contributed by atoms with Gasteiger partial charge in [-0.1, -0.05) is 0 Å². The van der Waals surface area contributed by atoms with E-state index in [1.54, 1.807) is 31.8 Å². The van der Waals surface area contributed by atoms with Crippen molar-refractivity contribution in [1.29, 1.82) is 0 Å². The molecule has 2 N–H and O–H groups in total. The smallest absolute Gasteiger partial charge is 0.244 e. The minimum atomic E-state index is -3.45. The Kier molecular flexibility index (Phi) is 6.20. The minimum Gasteiger partial charge on any atom is -0.464 e. The molecule has 0 amide bonds. The second-order valence-corrected chi connectivity index (χ2v) is 6.63. The highest BCUT2D eigenvalue weighted by atomic mass is 32.2. The van der Waals surface area contributed by atoms with Gasteiger partial charge in [0.1, 0.15) is 16.4 Å². The normalized spacial score (nSPS) is 11.9. The van der Waals surface area contributed by atoms with Crippen molar-refractivity contribution in [3.8, 4) is 0 Å². The van der Waals surface area contributed by atoms with Crippen molar-refractivity contribution >= 4 is 21.8 Å². The zero-order valence-corrected chi connectivity index (χ0v) is 12.6. The van der Waals surface area contributed by atoms with Gasteiger partial charge in [0.05, 0.1) is 6.54 Å². The maximum atomic E-state index is 12.0. The maximum absolute atomic E-state index is 12.0. The molecule has 0 saturated heterocycles. The van der Waals surface area contributed by atoms with E-state index in [4.69, 9.17) is 4.42 Å². The van der Waals surface area contributed by atoms with Crippen LogP contribution in [0, 0.1) is 6.92 Å². The Bertz CT molecular complexity index is 469. The van der Waals surface area contributed by atoms with Gasteiger partial charge in [0.15, 0.2) is 0 Å². The summed E-state index contributed by atoms with van der Waals surface area (Å²) < 4.78 is 32.0.